The highest BCUT2D eigenvalue weighted by Gasteiger charge is 2.21. The Hall–Kier alpha value is -1.35. The Morgan fingerprint density at radius 1 is 1.40 bits per heavy atom. The molecular formula is C17H26N2O. The Kier molecular flexibility index (Phi) is 5.18. The molecule has 1 amide bonds. The summed E-state index contributed by atoms with van der Waals surface area (Å²) in [6, 6.07) is 6.91. The molecule has 0 aromatic heterocycles. The molecule has 1 saturated heterocycles. The Labute approximate surface area is 122 Å². The number of hydrogen-bond acceptors (Lipinski definition) is 2. The lowest BCUT2D eigenvalue weighted by Gasteiger charge is -2.29. The van der Waals surface area contributed by atoms with Crippen molar-refractivity contribution in [1.29, 1.82) is 0 Å². The van der Waals surface area contributed by atoms with Gasteiger partial charge >= 0.3 is 0 Å². The van der Waals surface area contributed by atoms with E-state index in [1.165, 1.54) is 24.0 Å². The smallest absolute Gasteiger partial charge is 0.224 e. The Morgan fingerprint density at radius 3 is 2.90 bits per heavy atom. The van der Waals surface area contributed by atoms with Crippen LogP contribution >= 0.6 is 0 Å². The molecule has 0 bridgehead atoms. The molecule has 2 unspecified atom stereocenters. The van der Waals surface area contributed by atoms with Crippen LogP contribution in [0.3, 0.4) is 0 Å². The first-order valence-corrected chi connectivity index (χ1v) is 7.65. The van der Waals surface area contributed by atoms with Gasteiger partial charge in [-0.25, -0.2) is 0 Å². The quantitative estimate of drug-likeness (QED) is 0.885. The lowest BCUT2D eigenvalue weighted by atomic mass is 9.98. The van der Waals surface area contributed by atoms with Gasteiger partial charge in [0.2, 0.25) is 5.91 Å². The number of carbonyl (C=O) groups is 1. The predicted octanol–water partition coefficient (Wildman–Crippen LogP) is 2.49. The second-order valence-electron chi connectivity index (χ2n) is 6.02. The van der Waals surface area contributed by atoms with Crippen LogP contribution < -0.4 is 10.6 Å². The summed E-state index contributed by atoms with van der Waals surface area (Å²) >= 11 is 0. The minimum Gasteiger partial charge on any atom is -0.352 e. The second kappa shape index (κ2) is 6.89. The highest BCUT2D eigenvalue weighted by molar-refractivity contribution is 5.79. The van der Waals surface area contributed by atoms with Crippen molar-refractivity contribution >= 4 is 5.91 Å². The van der Waals surface area contributed by atoms with Gasteiger partial charge in [0, 0.05) is 12.1 Å². The van der Waals surface area contributed by atoms with Crippen LogP contribution in [0.5, 0.6) is 0 Å². The summed E-state index contributed by atoms with van der Waals surface area (Å²) in [5.74, 6) is 0.124. The number of piperidine rings is 1. The topological polar surface area (TPSA) is 41.1 Å². The van der Waals surface area contributed by atoms with Crippen molar-refractivity contribution in [1.82, 2.24) is 10.6 Å². The average molecular weight is 274 g/mol. The Bertz CT molecular complexity index is 464. The summed E-state index contributed by atoms with van der Waals surface area (Å²) in [6.45, 7) is 7.30. The lowest BCUT2D eigenvalue weighted by Crippen LogP contribution is -2.50. The van der Waals surface area contributed by atoms with Crippen molar-refractivity contribution in [3.8, 4) is 0 Å². The zero-order valence-electron chi connectivity index (χ0n) is 12.8. The molecule has 0 spiro atoms. The van der Waals surface area contributed by atoms with Gasteiger partial charge in [0.25, 0.3) is 0 Å². The minimum atomic E-state index is 0.124. The average Bonchev–Trinajstić information content (AvgIpc) is 2.43. The molecule has 2 atom stereocenters. The lowest BCUT2D eigenvalue weighted by molar-refractivity contribution is -0.121. The van der Waals surface area contributed by atoms with Crippen molar-refractivity contribution in [2.24, 2.45) is 0 Å². The van der Waals surface area contributed by atoms with E-state index < -0.39 is 0 Å². The molecular weight excluding hydrogens is 248 g/mol. The number of rotatable bonds is 4. The number of carbonyl (C=O) groups excluding carboxylic acids is 1. The molecule has 2 rings (SSSR count). The molecule has 110 valence electrons. The number of aryl methyl sites for hydroxylation is 2. The maximum Gasteiger partial charge on any atom is 0.224 e. The van der Waals surface area contributed by atoms with Gasteiger partial charge < -0.3 is 10.6 Å². The van der Waals surface area contributed by atoms with Crippen LogP contribution in [0.1, 0.15) is 42.9 Å². The fraction of sp³-hybridized carbons (Fsp3) is 0.588. The van der Waals surface area contributed by atoms with Crippen molar-refractivity contribution in [3.63, 3.8) is 0 Å². The van der Waals surface area contributed by atoms with Crippen molar-refractivity contribution in [2.75, 3.05) is 6.54 Å². The van der Waals surface area contributed by atoms with Crippen LogP contribution in [0.15, 0.2) is 18.2 Å². The van der Waals surface area contributed by atoms with Gasteiger partial charge in [0.05, 0.1) is 6.42 Å². The van der Waals surface area contributed by atoms with E-state index in [0.29, 0.717) is 12.5 Å². The van der Waals surface area contributed by atoms with Gasteiger partial charge in [-0.3, -0.25) is 4.79 Å². The molecule has 0 radical (unpaired) electrons. The van der Waals surface area contributed by atoms with Crippen molar-refractivity contribution in [3.05, 3.63) is 34.9 Å². The van der Waals surface area contributed by atoms with Crippen molar-refractivity contribution < 1.29 is 4.79 Å². The zero-order valence-corrected chi connectivity index (χ0v) is 12.8. The fourth-order valence-corrected chi connectivity index (χ4v) is 2.87. The molecule has 1 aromatic rings. The summed E-state index contributed by atoms with van der Waals surface area (Å²) in [5.41, 5.74) is 3.53. The monoisotopic (exact) mass is 274 g/mol. The maximum absolute atomic E-state index is 12.2. The molecule has 1 fully saturated rings. The maximum atomic E-state index is 12.2. The normalized spacial score (nSPS) is 20.4. The SMILES string of the molecule is Cc1ccc(C)c(CC(=O)NC(C)C2CCCCN2)c1. The van der Waals surface area contributed by atoms with Crippen LogP contribution in [0, 0.1) is 13.8 Å². The third-order valence-electron chi connectivity index (χ3n) is 4.20. The Morgan fingerprint density at radius 2 is 2.20 bits per heavy atom. The number of benzene rings is 1. The van der Waals surface area contributed by atoms with E-state index in [1.807, 2.05) is 0 Å². The first-order valence-electron chi connectivity index (χ1n) is 7.65. The van der Waals surface area contributed by atoms with Gasteiger partial charge in [-0.15, -0.1) is 0 Å². The molecule has 1 aliphatic rings. The molecule has 2 N–H and O–H groups in total. The first kappa shape index (κ1) is 15.0. The summed E-state index contributed by atoms with van der Waals surface area (Å²) in [4.78, 5) is 12.2. The predicted molar refractivity (Wildman–Crippen MR) is 82.9 cm³/mol. The van der Waals surface area contributed by atoms with Crippen LogP contribution in [-0.2, 0) is 11.2 Å². The van der Waals surface area contributed by atoms with E-state index in [1.54, 1.807) is 0 Å². The van der Waals surface area contributed by atoms with Crippen LogP contribution in [-0.4, -0.2) is 24.5 Å². The van der Waals surface area contributed by atoms with Crippen LogP contribution in [0.4, 0.5) is 0 Å². The number of hydrogen-bond donors (Lipinski definition) is 2. The van der Waals surface area contributed by atoms with Crippen LogP contribution in [0.25, 0.3) is 0 Å². The summed E-state index contributed by atoms with van der Waals surface area (Å²) in [6.07, 6.45) is 4.14. The second-order valence-corrected chi connectivity index (χ2v) is 6.02. The highest BCUT2D eigenvalue weighted by atomic mass is 16.1. The standard InChI is InChI=1S/C17H26N2O/c1-12-7-8-13(2)15(10-12)11-17(20)19-14(3)16-6-4-5-9-18-16/h7-8,10,14,16,18H,4-6,9,11H2,1-3H3,(H,19,20). The molecule has 1 heterocycles. The third kappa shape index (κ3) is 4.07. The number of amides is 1. The van der Waals surface area contributed by atoms with Gasteiger partial charge in [0.15, 0.2) is 0 Å². The van der Waals surface area contributed by atoms with E-state index in [-0.39, 0.29) is 11.9 Å². The fourth-order valence-electron chi connectivity index (χ4n) is 2.87. The number of nitrogens with one attached hydrogen (secondary N) is 2. The molecule has 3 heteroatoms. The van der Waals surface area contributed by atoms with Gasteiger partial charge in [-0.2, -0.15) is 0 Å². The third-order valence-corrected chi connectivity index (χ3v) is 4.20. The summed E-state index contributed by atoms with van der Waals surface area (Å²) in [7, 11) is 0. The molecule has 0 saturated carbocycles. The first-order chi connectivity index (χ1) is 9.56. The van der Waals surface area contributed by atoms with E-state index in [4.69, 9.17) is 0 Å². The van der Waals surface area contributed by atoms with Gasteiger partial charge in [0.1, 0.15) is 0 Å². The van der Waals surface area contributed by atoms with E-state index >= 15 is 0 Å². The van der Waals surface area contributed by atoms with E-state index in [0.717, 1.165) is 18.5 Å². The van der Waals surface area contributed by atoms with Crippen LogP contribution in [0.2, 0.25) is 0 Å². The molecule has 1 aliphatic heterocycles. The minimum absolute atomic E-state index is 0.124. The highest BCUT2D eigenvalue weighted by Crippen LogP contribution is 2.13. The van der Waals surface area contributed by atoms with Crippen molar-refractivity contribution in [2.45, 2.75) is 58.5 Å². The van der Waals surface area contributed by atoms with E-state index in [2.05, 4.69) is 49.6 Å². The summed E-state index contributed by atoms with van der Waals surface area (Å²) in [5, 5.41) is 6.64. The largest absolute Gasteiger partial charge is 0.352 e. The zero-order chi connectivity index (χ0) is 14.5. The van der Waals surface area contributed by atoms with Gasteiger partial charge in [-0.05, 0) is 51.3 Å². The van der Waals surface area contributed by atoms with E-state index in [9.17, 15) is 4.79 Å². The molecule has 0 aliphatic carbocycles. The summed E-state index contributed by atoms with van der Waals surface area (Å²) < 4.78 is 0. The molecule has 1 aromatic carbocycles. The molecule has 3 nitrogen and oxygen atoms in total. The molecule has 20 heavy (non-hydrogen) atoms. The Balaban J connectivity index is 1.89. The van der Waals surface area contributed by atoms with Gasteiger partial charge in [-0.1, -0.05) is 30.2 Å².